The molecule has 0 saturated carbocycles. The quantitative estimate of drug-likeness (QED) is 0.590. The Morgan fingerprint density at radius 3 is 2.86 bits per heavy atom. The number of nitrogen functional groups attached to an aromatic ring is 1. The van der Waals surface area contributed by atoms with Gasteiger partial charge in [-0.05, 0) is 6.07 Å². The van der Waals surface area contributed by atoms with Gasteiger partial charge in [-0.3, -0.25) is 0 Å². The van der Waals surface area contributed by atoms with Gasteiger partial charge in [-0.2, -0.15) is 0 Å². The molecule has 0 atom stereocenters. The lowest BCUT2D eigenvalue weighted by Gasteiger charge is -2.00. The molecule has 1 heterocycles. The topological polar surface area (TPSA) is 51.2 Å². The number of anilines is 1. The monoisotopic (exact) mass is 210 g/mol. The van der Waals surface area contributed by atoms with Crippen LogP contribution >= 0.6 is 11.6 Å². The number of fused-ring (bicyclic) bond motifs is 1. The summed E-state index contributed by atoms with van der Waals surface area (Å²) >= 11 is 5.61. The minimum Gasteiger partial charge on any atom is -0.494 e. The van der Waals surface area contributed by atoms with Gasteiger partial charge in [0.05, 0.1) is 5.39 Å². The van der Waals surface area contributed by atoms with Crippen molar-refractivity contribution in [1.82, 2.24) is 4.57 Å². The molecule has 4 heteroatoms. The van der Waals surface area contributed by atoms with Crippen LogP contribution in [-0.2, 0) is 6.54 Å². The first-order valence-corrected chi connectivity index (χ1v) is 4.89. The second-order valence-electron chi connectivity index (χ2n) is 3.15. The van der Waals surface area contributed by atoms with Crippen molar-refractivity contribution in [3.05, 3.63) is 24.4 Å². The average molecular weight is 211 g/mol. The van der Waals surface area contributed by atoms with Gasteiger partial charge in [-0.1, -0.05) is 12.1 Å². The maximum absolute atomic E-state index is 9.83. The molecule has 0 radical (unpaired) electrons. The number of alkyl halides is 1. The Morgan fingerprint density at radius 1 is 1.43 bits per heavy atom. The Hall–Kier alpha value is -1.35. The van der Waals surface area contributed by atoms with E-state index in [-0.39, 0.29) is 5.88 Å². The molecule has 0 saturated heterocycles. The number of nitrogens with zero attached hydrogens (tertiary/aromatic N) is 1. The zero-order valence-electron chi connectivity index (χ0n) is 7.57. The number of benzene rings is 1. The highest BCUT2D eigenvalue weighted by atomic mass is 35.5. The molecule has 14 heavy (non-hydrogen) atoms. The van der Waals surface area contributed by atoms with Gasteiger partial charge in [0.25, 0.3) is 0 Å². The van der Waals surface area contributed by atoms with Crippen molar-refractivity contribution in [2.75, 3.05) is 11.6 Å². The van der Waals surface area contributed by atoms with E-state index < -0.39 is 0 Å². The van der Waals surface area contributed by atoms with Crippen LogP contribution in [0.25, 0.3) is 10.8 Å². The number of hydrogen-bond acceptors (Lipinski definition) is 2. The van der Waals surface area contributed by atoms with Crippen LogP contribution in [0.15, 0.2) is 24.4 Å². The lowest BCUT2D eigenvalue weighted by atomic mass is 10.2. The average Bonchev–Trinajstić information content (AvgIpc) is 2.46. The van der Waals surface area contributed by atoms with Crippen LogP contribution in [-0.4, -0.2) is 15.6 Å². The summed E-state index contributed by atoms with van der Waals surface area (Å²) in [5, 5.41) is 11.5. The molecular formula is C10H11ClN2O. The van der Waals surface area contributed by atoms with Crippen molar-refractivity contribution >= 4 is 28.1 Å². The van der Waals surface area contributed by atoms with E-state index in [1.165, 1.54) is 0 Å². The number of nitrogens with two attached hydrogens (primary N) is 1. The van der Waals surface area contributed by atoms with E-state index in [0.717, 1.165) is 5.39 Å². The van der Waals surface area contributed by atoms with Crippen LogP contribution in [0, 0.1) is 0 Å². The van der Waals surface area contributed by atoms with Crippen LogP contribution in [0.5, 0.6) is 5.88 Å². The highest BCUT2D eigenvalue weighted by molar-refractivity contribution is 6.17. The van der Waals surface area contributed by atoms with Gasteiger partial charge >= 0.3 is 0 Å². The SMILES string of the molecule is Nc1cccc2cn(CCCl)c(O)c12. The highest BCUT2D eigenvalue weighted by Crippen LogP contribution is 2.31. The zero-order valence-corrected chi connectivity index (χ0v) is 8.33. The Balaban J connectivity index is 2.68. The zero-order chi connectivity index (χ0) is 10.1. The first-order chi connectivity index (χ1) is 6.74. The van der Waals surface area contributed by atoms with E-state index in [1.807, 2.05) is 18.3 Å². The summed E-state index contributed by atoms with van der Waals surface area (Å²) in [5.74, 6) is 0.660. The third kappa shape index (κ3) is 1.30. The minimum absolute atomic E-state index is 0.193. The molecule has 0 aliphatic rings. The van der Waals surface area contributed by atoms with Gasteiger partial charge in [0, 0.05) is 29.7 Å². The number of aromatic hydroxyl groups is 1. The van der Waals surface area contributed by atoms with Crippen molar-refractivity contribution in [3.63, 3.8) is 0 Å². The smallest absolute Gasteiger partial charge is 0.201 e. The van der Waals surface area contributed by atoms with Crippen LogP contribution < -0.4 is 5.73 Å². The molecule has 3 nitrogen and oxygen atoms in total. The second kappa shape index (κ2) is 3.42. The molecule has 1 aromatic carbocycles. The molecule has 0 spiro atoms. The van der Waals surface area contributed by atoms with Gasteiger partial charge in [-0.15, -0.1) is 11.6 Å². The first-order valence-electron chi connectivity index (χ1n) is 4.36. The molecule has 0 bridgehead atoms. The molecule has 0 unspecified atom stereocenters. The highest BCUT2D eigenvalue weighted by Gasteiger charge is 2.09. The normalized spacial score (nSPS) is 10.9. The summed E-state index contributed by atoms with van der Waals surface area (Å²) in [7, 11) is 0. The number of hydrogen-bond donors (Lipinski definition) is 2. The second-order valence-corrected chi connectivity index (χ2v) is 3.52. The van der Waals surface area contributed by atoms with E-state index in [2.05, 4.69) is 0 Å². The predicted molar refractivity (Wildman–Crippen MR) is 58.7 cm³/mol. The van der Waals surface area contributed by atoms with Gasteiger partial charge in [-0.25, -0.2) is 0 Å². The van der Waals surface area contributed by atoms with Gasteiger partial charge < -0.3 is 15.4 Å². The molecule has 2 aromatic rings. The Morgan fingerprint density at radius 2 is 2.21 bits per heavy atom. The fourth-order valence-electron chi connectivity index (χ4n) is 1.59. The summed E-state index contributed by atoms with van der Waals surface area (Å²) in [6.07, 6.45) is 1.85. The molecule has 3 N–H and O–H groups in total. The Kier molecular flexibility index (Phi) is 2.25. The predicted octanol–water partition coefficient (Wildman–Crippen LogP) is 2.17. The summed E-state index contributed by atoms with van der Waals surface area (Å²) in [6.45, 7) is 0.585. The molecule has 1 aromatic heterocycles. The lowest BCUT2D eigenvalue weighted by molar-refractivity contribution is 0.428. The maximum atomic E-state index is 9.83. The number of rotatable bonds is 2. The van der Waals surface area contributed by atoms with Crippen LogP contribution in [0.1, 0.15) is 0 Å². The lowest BCUT2D eigenvalue weighted by Crippen LogP contribution is -1.95. The summed E-state index contributed by atoms with van der Waals surface area (Å²) < 4.78 is 1.70. The van der Waals surface area contributed by atoms with Gasteiger partial charge in [0.2, 0.25) is 5.88 Å². The molecule has 0 aliphatic carbocycles. The molecule has 0 aliphatic heterocycles. The molecule has 2 rings (SSSR count). The van der Waals surface area contributed by atoms with Crippen molar-refractivity contribution in [2.45, 2.75) is 6.54 Å². The minimum atomic E-state index is 0.193. The number of aromatic nitrogens is 1. The summed E-state index contributed by atoms with van der Waals surface area (Å²) in [4.78, 5) is 0. The van der Waals surface area contributed by atoms with Crippen molar-refractivity contribution in [2.24, 2.45) is 0 Å². The number of halogens is 1. The van der Waals surface area contributed by atoms with Gasteiger partial charge in [0.15, 0.2) is 0 Å². The third-order valence-corrected chi connectivity index (χ3v) is 2.41. The van der Waals surface area contributed by atoms with Crippen molar-refractivity contribution < 1.29 is 5.11 Å². The fraction of sp³-hybridized carbons (Fsp3) is 0.200. The van der Waals surface area contributed by atoms with Crippen LogP contribution in [0.4, 0.5) is 5.69 Å². The van der Waals surface area contributed by atoms with Gasteiger partial charge in [0.1, 0.15) is 0 Å². The molecule has 74 valence electrons. The first kappa shape index (κ1) is 9.21. The maximum Gasteiger partial charge on any atom is 0.201 e. The van der Waals surface area contributed by atoms with E-state index in [1.54, 1.807) is 10.6 Å². The van der Waals surface area contributed by atoms with E-state index >= 15 is 0 Å². The van der Waals surface area contributed by atoms with Crippen LogP contribution in [0.2, 0.25) is 0 Å². The summed E-state index contributed by atoms with van der Waals surface area (Å²) in [6, 6.07) is 5.55. The third-order valence-electron chi connectivity index (χ3n) is 2.24. The van der Waals surface area contributed by atoms with Crippen molar-refractivity contribution in [3.8, 4) is 5.88 Å². The largest absolute Gasteiger partial charge is 0.494 e. The van der Waals surface area contributed by atoms with E-state index in [4.69, 9.17) is 17.3 Å². The van der Waals surface area contributed by atoms with E-state index in [0.29, 0.717) is 23.5 Å². The number of aryl methyl sites for hydroxylation is 1. The Labute approximate surface area is 86.7 Å². The standard InChI is InChI=1S/C10H11ClN2O/c11-4-5-13-6-7-2-1-3-8(12)9(7)10(13)14/h1-3,6,14H,4-5,12H2. The van der Waals surface area contributed by atoms with Crippen molar-refractivity contribution in [1.29, 1.82) is 0 Å². The van der Waals surface area contributed by atoms with Crippen LogP contribution in [0.3, 0.4) is 0 Å². The fourth-order valence-corrected chi connectivity index (χ4v) is 1.77. The Bertz CT molecular complexity index is 464. The summed E-state index contributed by atoms with van der Waals surface area (Å²) in [5.41, 5.74) is 6.35. The molecular weight excluding hydrogens is 200 g/mol. The molecule has 0 fully saturated rings. The van der Waals surface area contributed by atoms with E-state index in [9.17, 15) is 5.11 Å². The molecule has 0 amide bonds.